The van der Waals surface area contributed by atoms with E-state index < -0.39 is 0 Å². The van der Waals surface area contributed by atoms with E-state index >= 15 is 0 Å². The van der Waals surface area contributed by atoms with Crippen LogP contribution in [-0.2, 0) is 0 Å². The molecular weight excluding hydrogens is 216 g/mol. The summed E-state index contributed by atoms with van der Waals surface area (Å²) < 4.78 is 1.27. The van der Waals surface area contributed by atoms with E-state index in [0.717, 1.165) is 11.8 Å². The maximum Gasteiger partial charge on any atom is 0.0627 e. The van der Waals surface area contributed by atoms with Crippen molar-refractivity contribution < 1.29 is 0 Å². The van der Waals surface area contributed by atoms with Gasteiger partial charge in [-0.3, -0.25) is 0 Å². The third kappa shape index (κ3) is 1.16. The van der Waals surface area contributed by atoms with E-state index in [1.807, 2.05) is 0 Å². The minimum absolute atomic E-state index is 0.634. The molecule has 0 spiro atoms. The Morgan fingerprint density at radius 1 is 0.923 bits per heavy atom. The third-order valence-corrected chi connectivity index (χ3v) is 9.14. The molecule has 0 radical (unpaired) electrons. The van der Waals surface area contributed by atoms with Gasteiger partial charge in [0.1, 0.15) is 0 Å². The van der Waals surface area contributed by atoms with Crippen molar-refractivity contribution in [1.29, 1.82) is 0 Å². The molecule has 0 nitrogen and oxygen atoms in total. The van der Waals surface area contributed by atoms with E-state index in [2.05, 4.69) is 47.8 Å². The van der Waals surface area contributed by atoms with Crippen LogP contribution in [-0.4, -0.2) is 20.7 Å². The number of thioether (sulfide) groups is 3. The molecule has 0 aromatic heterocycles. The van der Waals surface area contributed by atoms with Crippen LogP contribution >= 0.6 is 35.3 Å². The minimum atomic E-state index is 0.634. The van der Waals surface area contributed by atoms with Crippen LogP contribution in [0.3, 0.4) is 0 Å². The standard InChI is InChI=1S/C10H16S3/c1-11-9-3-7-5-10(12-2,13-9)6-8(7)4-9/h7-8H,3-6H2,1-2H3. The van der Waals surface area contributed by atoms with Crippen LogP contribution in [0.15, 0.2) is 0 Å². The van der Waals surface area contributed by atoms with Gasteiger partial charge in [0.15, 0.2) is 0 Å². The molecular formula is C10H16S3. The Morgan fingerprint density at radius 2 is 1.31 bits per heavy atom. The van der Waals surface area contributed by atoms with Crippen molar-refractivity contribution in [1.82, 2.24) is 0 Å². The molecule has 2 heterocycles. The topological polar surface area (TPSA) is 0 Å². The zero-order valence-corrected chi connectivity index (χ0v) is 10.7. The second kappa shape index (κ2) is 2.79. The second-order valence-electron chi connectivity index (χ2n) is 4.67. The highest BCUT2D eigenvalue weighted by Crippen LogP contribution is 2.74. The molecule has 2 saturated carbocycles. The highest BCUT2D eigenvalue weighted by molar-refractivity contribution is 8.25. The molecule has 13 heavy (non-hydrogen) atoms. The highest BCUT2D eigenvalue weighted by atomic mass is 32.2. The van der Waals surface area contributed by atoms with E-state index in [-0.39, 0.29) is 0 Å². The van der Waals surface area contributed by atoms with E-state index in [1.54, 1.807) is 0 Å². The Bertz CT molecular complexity index is 202. The van der Waals surface area contributed by atoms with Crippen LogP contribution in [0.5, 0.6) is 0 Å². The van der Waals surface area contributed by atoms with Crippen LogP contribution in [0, 0.1) is 11.8 Å². The Balaban J connectivity index is 1.94. The molecule has 4 bridgehead atoms. The molecule has 4 fully saturated rings. The lowest BCUT2D eigenvalue weighted by Crippen LogP contribution is -2.33. The quantitative estimate of drug-likeness (QED) is 0.713. The summed E-state index contributed by atoms with van der Waals surface area (Å²) in [7, 11) is 0. The first-order valence-corrected chi connectivity index (χ1v) is 8.28. The average Bonchev–Trinajstić information content (AvgIpc) is 2.53. The van der Waals surface area contributed by atoms with Gasteiger partial charge in [0.05, 0.1) is 8.16 Å². The smallest absolute Gasteiger partial charge is 0.0627 e. The predicted molar refractivity (Wildman–Crippen MR) is 65.5 cm³/mol. The van der Waals surface area contributed by atoms with Gasteiger partial charge in [-0.2, -0.15) is 0 Å². The van der Waals surface area contributed by atoms with Crippen LogP contribution in [0.1, 0.15) is 25.7 Å². The van der Waals surface area contributed by atoms with Crippen LogP contribution in [0.2, 0.25) is 0 Å². The zero-order chi connectivity index (χ0) is 9.10. The Morgan fingerprint density at radius 3 is 1.62 bits per heavy atom. The monoisotopic (exact) mass is 232 g/mol. The summed E-state index contributed by atoms with van der Waals surface area (Å²) in [6.07, 6.45) is 10.7. The van der Waals surface area contributed by atoms with Crippen molar-refractivity contribution in [2.24, 2.45) is 11.8 Å². The summed E-state index contributed by atoms with van der Waals surface area (Å²) in [5, 5.41) is 0. The van der Waals surface area contributed by atoms with Crippen LogP contribution < -0.4 is 0 Å². The highest BCUT2D eigenvalue weighted by Gasteiger charge is 2.62. The Labute approximate surface area is 93.4 Å². The van der Waals surface area contributed by atoms with Gasteiger partial charge in [0, 0.05) is 0 Å². The molecule has 4 aliphatic rings. The van der Waals surface area contributed by atoms with Crippen molar-refractivity contribution in [2.75, 3.05) is 12.5 Å². The molecule has 0 atom stereocenters. The van der Waals surface area contributed by atoms with Crippen molar-refractivity contribution in [2.45, 2.75) is 33.8 Å². The van der Waals surface area contributed by atoms with Crippen molar-refractivity contribution in [3.63, 3.8) is 0 Å². The Kier molecular flexibility index (Phi) is 2.00. The maximum absolute atomic E-state index is 2.31. The zero-order valence-electron chi connectivity index (χ0n) is 8.21. The molecule has 2 aliphatic heterocycles. The van der Waals surface area contributed by atoms with Crippen molar-refractivity contribution in [3.8, 4) is 0 Å². The average molecular weight is 232 g/mol. The summed E-state index contributed by atoms with van der Waals surface area (Å²) in [6, 6.07) is 0. The number of hydrogen-bond acceptors (Lipinski definition) is 3. The molecule has 0 N–H and O–H groups in total. The van der Waals surface area contributed by atoms with Gasteiger partial charge in [-0.05, 0) is 50.0 Å². The molecule has 0 amide bonds. The SMILES string of the molecule is CSC12CC3CC(SC)(CC3C1)S2. The van der Waals surface area contributed by atoms with E-state index in [9.17, 15) is 0 Å². The first-order valence-electron chi connectivity index (χ1n) is 5.01. The van der Waals surface area contributed by atoms with E-state index in [0.29, 0.717) is 8.16 Å². The largest absolute Gasteiger partial charge is 0.148 e. The van der Waals surface area contributed by atoms with Crippen LogP contribution in [0.25, 0.3) is 0 Å². The molecule has 3 heteroatoms. The first kappa shape index (κ1) is 9.29. The lowest BCUT2D eigenvalue weighted by Gasteiger charge is -2.43. The second-order valence-corrected chi connectivity index (χ2v) is 9.33. The lowest BCUT2D eigenvalue weighted by molar-refractivity contribution is 0.457. The molecule has 0 aromatic rings. The van der Waals surface area contributed by atoms with Crippen molar-refractivity contribution in [3.05, 3.63) is 0 Å². The molecule has 0 unspecified atom stereocenters. The number of rotatable bonds is 2. The summed E-state index contributed by atoms with van der Waals surface area (Å²) in [5.74, 6) is 2.17. The van der Waals surface area contributed by atoms with Gasteiger partial charge < -0.3 is 0 Å². The number of hydrogen-bond donors (Lipinski definition) is 0. The summed E-state index contributed by atoms with van der Waals surface area (Å²) in [6.45, 7) is 0. The summed E-state index contributed by atoms with van der Waals surface area (Å²) in [4.78, 5) is 0. The fourth-order valence-corrected chi connectivity index (χ4v) is 8.67. The van der Waals surface area contributed by atoms with E-state index in [1.165, 1.54) is 25.7 Å². The van der Waals surface area contributed by atoms with Crippen LogP contribution in [0.4, 0.5) is 0 Å². The van der Waals surface area contributed by atoms with Gasteiger partial charge in [-0.25, -0.2) is 0 Å². The van der Waals surface area contributed by atoms with Crippen molar-refractivity contribution >= 4 is 35.3 Å². The van der Waals surface area contributed by atoms with Gasteiger partial charge >= 0.3 is 0 Å². The molecule has 2 aliphatic carbocycles. The Hall–Kier alpha value is 1.05. The summed E-state index contributed by atoms with van der Waals surface area (Å²) in [5.41, 5.74) is 0. The fourth-order valence-electron chi connectivity index (χ4n) is 3.50. The van der Waals surface area contributed by atoms with Gasteiger partial charge in [-0.15, -0.1) is 35.3 Å². The first-order chi connectivity index (χ1) is 6.21. The molecule has 4 rings (SSSR count). The lowest BCUT2D eigenvalue weighted by atomic mass is 10.0. The normalized spacial score (nSPS) is 57.7. The van der Waals surface area contributed by atoms with Gasteiger partial charge in [-0.1, -0.05) is 0 Å². The minimum Gasteiger partial charge on any atom is -0.148 e. The van der Waals surface area contributed by atoms with Gasteiger partial charge in [0.2, 0.25) is 0 Å². The fraction of sp³-hybridized carbons (Fsp3) is 1.00. The predicted octanol–water partition coefficient (Wildman–Crippen LogP) is 3.67. The maximum atomic E-state index is 2.31. The van der Waals surface area contributed by atoms with Gasteiger partial charge in [0.25, 0.3) is 0 Å². The van der Waals surface area contributed by atoms with E-state index in [4.69, 9.17) is 0 Å². The molecule has 0 aromatic carbocycles. The molecule has 74 valence electrons. The third-order valence-electron chi connectivity index (χ3n) is 4.08. The summed E-state index contributed by atoms with van der Waals surface area (Å²) >= 11 is 6.58. The molecule has 2 saturated heterocycles.